The normalized spacial score (nSPS) is 22.1. The van der Waals surface area contributed by atoms with Crippen molar-refractivity contribution >= 4 is 17.2 Å². The minimum Gasteiger partial charge on any atom is -0.348 e. The second kappa shape index (κ2) is 7.95. The lowest BCUT2D eigenvalue weighted by atomic mass is 9.85. The maximum atomic E-state index is 12.8. The largest absolute Gasteiger partial charge is 0.348 e. The van der Waals surface area contributed by atoms with Gasteiger partial charge in [-0.25, -0.2) is 0 Å². The lowest BCUT2D eigenvalue weighted by molar-refractivity contribution is -0.126. The van der Waals surface area contributed by atoms with E-state index in [0.29, 0.717) is 0 Å². The minimum atomic E-state index is 0.0399. The van der Waals surface area contributed by atoms with Crippen molar-refractivity contribution in [2.24, 2.45) is 11.7 Å². The molecule has 3 nitrogen and oxygen atoms in total. The fraction of sp³-hybridized carbons (Fsp3) is 0.450. The van der Waals surface area contributed by atoms with Crippen LogP contribution in [-0.4, -0.2) is 11.9 Å². The molecule has 1 aliphatic rings. The quantitative estimate of drug-likeness (QED) is 0.864. The van der Waals surface area contributed by atoms with Gasteiger partial charge < -0.3 is 11.1 Å². The van der Waals surface area contributed by atoms with Crippen molar-refractivity contribution in [3.63, 3.8) is 0 Å². The molecule has 128 valence electrons. The predicted octanol–water partition coefficient (Wildman–Crippen LogP) is 3.97. The maximum absolute atomic E-state index is 12.8. The second-order valence-electron chi connectivity index (χ2n) is 6.84. The van der Waals surface area contributed by atoms with Crippen LogP contribution >= 0.6 is 11.3 Å². The Morgan fingerprint density at radius 3 is 2.75 bits per heavy atom. The number of nitrogens with one attached hydrogen (secondary N) is 1. The smallest absolute Gasteiger partial charge is 0.223 e. The summed E-state index contributed by atoms with van der Waals surface area (Å²) in [4.78, 5) is 14.0. The monoisotopic (exact) mass is 342 g/mol. The molecule has 0 saturated heterocycles. The highest BCUT2D eigenvalue weighted by Gasteiger charge is 2.28. The Kier molecular flexibility index (Phi) is 5.69. The van der Waals surface area contributed by atoms with Crippen LogP contribution in [0.3, 0.4) is 0 Å². The summed E-state index contributed by atoms with van der Waals surface area (Å²) in [5, 5.41) is 5.42. The Balaban J connectivity index is 1.75. The summed E-state index contributed by atoms with van der Waals surface area (Å²) in [7, 11) is 0. The van der Waals surface area contributed by atoms with Crippen LogP contribution in [0.1, 0.15) is 47.7 Å². The molecule has 2 aromatic rings. The van der Waals surface area contributed by atoms with E-state index in [-0.39, 0.29) is 23.9 Å². The molecule has 0 bridgehead atoms. The Hall–Kier alpha value is -1.65. The van der Waals surface area contributed by atoms with Gasteiger partial charge in [-0.15, -0.1) is 11.3 Å². The van der Waals surface area contributed by atoms with Crippen LogP contribution in [0, 0.1) is 12.8 Å². The maximum Gasteiger partial charge on any atom is 0.223 e. The lowest BCUT2D eigenvalue weighted by Crippen LogP contribution is -2.39. The van der Waals surface area contributed by atoms with Crippen molar-refractivity contribution < 1.29 is 4.79 Å². The van der Waals surface area contributed by atoms with E-state index >= 15 is 0 Å². The molecule has 3 unspecified atom stereocenters. The number of aryl methyl sites for hydroxylation is 1. The number of benzene rings is 1. The molecule has 1 saturated carbocycles. The first-order valence-corrected chi connectivity index (χ1v) is 9.65. The molecule has 1 aliphatic carbocycles. The van der Waals surface area contributed by atoms with Gasteiger partial charge in [0.1, 0.15) is 0 Å². The van der Waals surface area contributed by atoms with Crippen LogP contribution < -0.4 is 11.1 Å². The van der Waals surface area contributed by atoms with E-state index in [2.05, 4.69) is 48.0 Å². The van der Waals surface area contributed by atoms with Gasteiger partial charge in [0, 0.05) is 16.8 Å². The molecule has 0 radical (unpaired) electrons. The van der Waals surface area contributed by atoms with Crippen molar-refractivity contribution in [1.29, 1.82) is 0 Å². The van der Waals surface area contributed by atoms with Crippen molar-refractivity contribution in [3.05, 3.63) is 57.8 Å². The van der Waals surface area contributed by atoms with Crippen LogP contribution in [0.15, 0.2) is 41.8 Å². The van der Waals surface area contributed by atoms with Gasteiger partial charge in [-0.2, -0.15) is 0 Å². The first-order chi connectivity index (χ1) is 11.6. The third-order valence-electron chi connectivity index (χ3n) is 4.90. The topological polar surface area (TPSA) is 55.1 Å². The summed E-state index contributed by atoms with van der Waals surface area (Å²) in [6, 6.07) is 12.7. The molecule has 1 fully saturated rings. The molecule has 0 spiro atoms. The minimum absolute atomic E-state index is 0.0399. The summed E-state index contributed by atoms with van der Waals surface area (Å²) >= 11 is 1.73. The summed E-state index contributed by atoms with van der Waals surface area (Å²) < 4.78 is 0. The third kappa shape index (κ3) is 4.25. The van der Waals surface area contributed by atoms with E-state index < -0.39 is 0 Å². The van der Waals surface area contributed by atoms with Crippen molar-refractivity contribution in [2.45, 2.75) is 51.1 Å². The first-order valence-electron chi connectivity index (χ1n) is 8.77. The highest BCUT2D eigenvalue weighted by molar-refractivity contribution is 7.10. The highest BCUT2D eigenvalue weighted by Crippen LogP contribution is 2.29. The molecule has 24 heavy (non-hydrogen) atoms. The van der Waals surface area contributed by atoms with Crippen molar-refractivity contribution in [2.75, 3.05) is 0 Å². The number of amides is 1. The van der Waals surface area contributed by atoms with Crippen LogP contribution in [0.25, 0.3) is 0 Å². The van der Waals surface area contributed by atoms with Gasteiger partial charge in [-0.05, 0) is 55.2 Å². The second-order valence-corrected chi connectivity index (χ2v) is 7.79. The van der Waals surface area contributed by atoms with Gasteiger partial charge >= 0.3 is 0 Å². The zero-order valence-electron chi connectivity index (χ0n) is 14.2. The average Bonchev–Trinajstić information content (AvgIpc) is 3.01. The van der Waals surface area contributed by atoms with E-state index in [1.807, 2.05) is 6.07 Å². The number of hydrogen-bond donors (Lipinski definition) is 2. The van der Waals surface area contributed by atoms with Crippen molar-refractivity contribution in [1.82, 2.24) is 5.32 Å². The van der Waals surface area contributed by atoms with Crippen LogP contribution in [0.4, 0.5) is 0 Å². The molecule has 3 rings (SSSR count). The van der Waals surface area contributed by atoms with Crippen LogP contribution in [0.2, 0.25) is 0 Å². The van der Waals surface area contributed by atoms with E-state index in [9.17, 15) is 4.79 Å². The third-order valence-corrected chi connectivity index (χ3v) is 6.04. The zero-order chi connectivity index (χ0) is 16.9. The zero-order valence-corrected chi connectivity index (χ0v) is 15.0. The van der Waals surface area contributed by atoms with Gasteiger partial charge in [0.25, 0.3) is 0 Å². The summed E-state index contributed by atoms with van der Waals surface area (Å²) in [6.45, 7) is 2.12. The number of nitrogens with two attached hydrogens (primary N) is 1. The molecule has 1 aromatic carbocycles. The molecule has 1 amide bonds. The number of rotatable bonds is 5. The van der Waals surface area contributed by atoms with Gasteiger partial charge in [0.15, 0.2) is 0 Å². The molecule has 1 heterocycles. The highest BCUT2D eigenvalue weighted by atomic mass is 32.1. The number of thiophene rings is 1. The van der Waals surface area contributed by atoms with E-state index in [1.54, 1.807) is 11.3 Å². The molecular weight excluding hydrogens is 316 g/mol. The van der Waals surface area contributed by atoms with Crippen molar-refractivity contribution in [3.8, 4) is 0 Å². The predicted molar refractivity (Wildman–Crippen MR) is 100 cm³/mol. The lowest BCUT2D eigenvalue weighted by Gasteiger charge is -2.28. The van der Waals surface area contributed by atoms with Gasteiger partial charge in [-0.1, -0.05) is 36.8 Å². The molecule has 0 aliphatic heterocycles. The molecular formula is C20H26N2OS. The van der Waals surface area contributed by atoms with Gasteiger partial charge in [0.2, 0.25) is 5.91 Å². The average molecular weight is 343 g/mol. The summed E-state index contributed by atoms with van der Waals surface area (Å²) in [5.74, 6) is 0.228. The summed E-state index contributed by atoms with van der Waals surface area (Å²) in [5.41, 5.74) is 8.56. The van der Waals surface area contributed by atoms with Crippen LogP contribution in [0.5, 0.6) is 0 Å². The molecule has 3 N–H and O–H groups in total. The fourth-order valence-corrected chi connectivity index (χ4v) is 4.54. The van der Waals surface area contributed by atoms with Gasteiger partial charge in [-0.3, -0.25) is 4.79 Å². The summed E-state index contributed by atoms with van der Waals surface area (Å²) in [6.07, 6.45) is 4.70. The van der Waals surface area contributed by atoms with E-state index in [0.717, 1.165) is 32.1 Å². The first kappa shape index (κ1) is 17.2. The fourth-order valence-electron chi connectivity index (χ4n) is 3.56. The number of hydrogen-bond acceptors (Lipinski definition) is 3. The molecule has 1 aromatic heterocycles. The SMILES string of the molecule is Cc1ccsc1C(Cc1ccccc1)NC(=O)C1CCCC(N)C1. The Morgan fingerprint density at radius 1 is 1.29 bits per heavy atom. The number of carbonyl (C=O) groups is 1. The molecule has 4 heteroatoms. The number of carbonyl (C=O) groups excluding carboxylic acids is 1. The standard InChI is InChI=1S/C20H26N2OS/c1-14-10-11-24-19(14)18(12-15-6-3-2-4-7-15)22-20(23)16-8-5-9-17(21)13-16/h2-4,6-7,10-11,16-18H,5,8-9,12-13,21H2,1H3,(H,22,23). The van der Waals surface area contributed by atoms with Crippen LogP contribution in [-0.2, 0) is 11.2 Å². The van der Waals surface area contributed by atoms with Gasteiger partial charge in [0.05, 0.1) is 6.04 Å². The molecule has 3 atom stereocenters. The Bertz CT molecular complexity index is 667. The Labute approximate surface area is 148 Å². The Morgan fingerprint density at radius 2 is 2.08 bits per heavy atom. The van der Waals surface area contributed by atoms with E-state index in [1.165, 1.54) is 16.0 Å². The van der Waals surface area contributed by atoms with E-state index in [4.69, 9.17) is 5.73 Å².